The average molecular weight is 238 g/mol. The lowest BCUT2D eigenvalue weighted by atomic mass is 10.0. The molecular weight excluding hydrogens is 218 g/mol. The summed E-state index contributed by atoms with van der Waals surface area (Å²) in [4.78, 5) is 2.41. The summed E-state index contributed by atoms with van der Waals surface area (Å²) in [5, 5.41) is 0.910. The van der Waals surface area contributed by atoms with Crippen molar-refractivity contribution in [3.8, 4) is 0 Å². The number of rotatable bonds is 2. The molecule has 1 aliphatic rings. The second kappa shape index (κ2) is 5.09. The summed E-state index contributed by atoms with van der Waals surface area (Å²) >= 11 is 6.37. The lowest BCUT2D eigenvalue weighted by Gasteiger charge is -2.29. The SMILES string of the molecule is CC(C)c1ccc(N2CCCCC2)c(Cl)c1. The Morgan fingerprint density at radius 3 is 2.38 bits per heavy atom. The van der Waals surface area contributed by atoms with Gasteiger partial charge >= 0.3 is 0 Å². The first-order valence-electron chi connectivity index (χ1n) is 6.23. The van der Waals surface area contributed by atoms with E-state index >= 15 is 0 Å². The lowest BCUT2D eigenvalue weighted by molar-refractivity contribution is 0.578. The average Bonchev–Trinajstić information content (AvgIpc) is 2.30. The summed E-state index contributed by atoms with van der Waals surface area (Å²) in [6, 6.07) is 6.51. The number of halogens is 1. The second-order valence-electron chi connectivity index (χ2n) is 4.91. The van der Waals surface area contributed by atoms with E-state index in [0.29, 0.717) is 5.92 Å². The van der Waals surface area contributed by atoms with Crippen LogP contribution in [0.3, 0.4) is 0 Å². The highest BCUT2D eigenvalue weighted by atomic mass is 35.5. The van der Waals surface area contributed by atoms with Crippen LogP contribution in [0, 0.1) is 0 Å². The third-order valence-corrected chi connectivity index (χ3v) is 3.64. The molecule has 0 unspecified atom stereocenters. The van der Waals surface area contributed by atoms with Crippen molar-refractivity contribution in [2.75, 3.05) is 18.0 Å². The zero-order valence-corrected chi connectivity index (χ0v) is 10.9. The normalized spacial score (nSPS) is 16.9. The van der Waals surface area contributed by atoms with Gasteiger partial charge in [-0.2, -0.15) is 0 Å². The third kappa shape index (κ3) is 2.52. The van der Waals surface area contributed by atoms with Gasteiger partial charge < -0.3 is 4.90 Å². The van der Waals surface area contributed by atoms with E-state index in [1.54, 1.807) is 0 Å². The third-order valence-electron chi connectivity index (χ3n) is 3.34. The van der Waals surface area contributed by atoms with Gasteiger partial charge in [-0.05, 0) is 42.9 Å². The molecule has 1 fully saturated rings. The molecule has 1 heterocycles. The number of anilines is 1. The van der Waals surface area contributed by atoms with Crippen molar-refractivity contribution >= 4 is 17.3 Å². The van der Waals surface area contributed by atoms with E-state index in [1.807, 2.05) is 0 Å². The Labute approximate surface area is 103 Å². The molecule has 0 aromatic heterocycles. The van der Waals surface area contributed by atoms with E-state index in [9.17, 15) is 0 Å². The zero-order chi connectivity index (χ0) is 11.5. The molecule has 1 aromatic rings. The minimum absolute atomic E-state index is 0.549. The molecule has 0 spiro atoms. The van der Waals surface area contributed by atoms with E-state index in [0.717, 1.165) is 18.1 Å². The topological polar surface area (TPSA) is 3.24 Å². The second-order valence-corrected chi connectivity index (χ2v) is 5.32. The molecular formula is C14H20ClN. The van der Waals surface area contributed by atoms with Crippen molar-refractivity contribution < 1.29 is 0 Å². The minimum Gasteiger partial charge on any atom is -0.370 e. The summed E-state index contributed by atoms with van der Waals surface area (Å²) < 4.78 is 0. The first-order valence-corrected chi connectivity index (χ1v) is 6.60. The number of hydrogen-bond donors (Lipinski definition) is 0. The molecule has 0 bridgehead atoms. The molecule has 0 amide bonds. The van der Waals surface area contributed by atoms with Gasteiger partial charge in [0, 0.05) is 13.1 Å². The number of hydrogen-bond acceptors (Lipinski definition) is 1. The molecule has 0 N–H and O–H groups in total. The maximum absolute atomic E-state index is 6.37. The fourth-order valence-corrected chi connectivity index (χ4v) is 2.58. The van der Waals surface area contributed by atoms with E-state index in [4.69, 9.17) is 11.6 Å². The molecule has 1 saturated heterocycles. The van der Waals surface area contributed by atoms with Crippen LogP contribution in [0.1, 0.15) is 44.6 Å². The molecule has 1 aromatic carbocycles. The van der Waals surface area contributed by atoms with Crippen LogP contribution < -0.4 is 4.90 Å². The molecule has 1 nitrogen and oxygen atoms in total. The quantitative estimate of drug-likeness (QED) is 0.735. The van der Waals surface area contributed by atoms with E-state index < -0.39 is 0 Å². The van der Waals surface area contributed by atoms with Crippen molar-refractivity contribution in [1.82, 2.24) is 0 Å². The van der Waals surface area contributed by atoms with Gasteiger partial charge in [-0.25, -0.2) is 0 Å². The first-order chi connectivity index (χ1) is 7.68. The Kier molecular flexibility index (Phi) is 3.75. The van der Waals surface area contributed by atoms with Gasteiger partial charge in [-0.1, -0.05) is 31.5 Å². The first kappa shape index (κ1) is 11.8. The smallest absolute Gasteiger partial charge is 0.0642 e. The van der Waals surface area contributed by atoms with Crippen molar-refractivity contribution in [2.45, 2.75) is 39.0 Å². The van der Waals surface area contributed by atoms with Crippen LogP contribution >= 0.6 is 11.6 Å². The lowest BCUT2D eigenvalue weighted by Crippen LogP contribution is -2.29. The molecule has 2 heteroatoms. The number of nitrogens with zero attached hydrogens (tertiary/aromatic N) is 1. The Morgan fingerprint density at radius 1 is 1.12 bits per heavy atom. The van der Waals surface area contributed by atoms with Gasteiger partial charge in [0.25, 0.3) is 0 Å². The predicted molar refractivity (Wildman–Crippen MR) is 71.6 cm³/mol. The molecule has 0 saturated carbocycles. The van der Waals surface area contributed by atoms with E-state index in [1.165, 1.54) is 30.5 Å². The van der Waals surface area contributed by atoms with Crippen molar-refractivity contribution in [3.63, 3.8) is 0 Å². The minimum atomic E-state index is 0.549. The number of benzene rings is 1. The molecule has 88 valence electrons. The van der Waals surface area contributed by atoms with Crippen LogP contribution in [0.5, 0.6) is 0 Å². The molecule has 2 rings (SSSR count). The fourth-order valence-electron chi connectivity index (χ4n) is 2.27. The van der Waals surface area contributed by atoms with Crippen molar-refractivity contribution in [1.29, 1.82) is 0 Å². The van der Waals surface area contributed by atoms with Crippen LogP contribution in [0.2, 0.25) is 5.02 Å². The molecule has 0 radical (unpaired) electrons. The largest absolute Gasteiger partial charge is 0.370 e. The predicted octanol–water partition coefficient (Wildman–Crippen LogP) is 4.45. The fraction of sp³-hybridized carbons (Fsp3) is 0.571. The van der Waals surface area contributed by atoms with Crippen molar-refractivity contribution in [3.05, 3.63) is 28.8 Å². The summed E-state index contributed by atoms with van der Waals surface area (Å²) in [7, 11) is 0. The Morgan fingerprint density at radius 2 is 1.81 bits per heavy atom. The Hall–Kier alpha value is -0.690. The highest BCUT2D eigenvalue weighted by molar-refractivity contribution is 6.33. The van der Waals surface area contributed by atoms with Gasteiger partial charge in [-0.15, -0.1) is 0 Å². The molecule has 0 atom stereocenters. The summed E-state index contributed by atoms with van der Waals surface area (Å²) in [6.07, 6.45) is 3.95. The summed E-state index contributed by atoms with van der Waals surface area (Å²) in [5.74, 6) is 0.549. The van der Waals surface area contributed by atoms with Gasteiger partial charge in [0.15, 0.2) is 0 Å². The van der Waals surface area contributed by atoms with Gasteiger partial charge in [0.1, 0.15) is 0 Å². The molecule has 0 aliphatic carbocycles. The highest BCUT2D eigenvalue weighted by Gasteiger charge is 2.14. The van der Waals surface area contributed by atoms with Crippen molar-refractivity contribution in [2.24, 2.45) is 0 Å². The standard InChI is InChI=1S/C14H20ClN/c1-11(2)12-6-7-14(13(15)10-12)16-8-4-3-5-9-16/h6-7,10-11H,3-5,8-9H2,1-2H3. The number of piperidine rings is 1. The maximum Gasteiger partial charge on any atom is 0.0642 e. The van der Waals surface area contributed by atoms with Gasteiger partial charge in [0.05, 0.1) is 10.7 Å². The monoisotopic (exact) mass is 237 g/mol. The Balaban J connectivity index is 2.21. The summed E-state index contributed by atoms with van der Waals surface area (Å²) in [5.41, 5.74) is 2.54. The molecule has 1 aliphatic heterocycles. The molecule has 16 heavy (non-hydrogen) atoms. The van der Waals surface area contributed by atoms with Crippen LogP contribution in [-0.4, -0.2) is 13.1 Å². The summed E-state index contributed by atoms with van der Waals surface area (Å²) in [6.45, 7) is 6.71. The highest BCUT2D eigenvalue weighted by Crippen LogP contribution is 2.31. The van der Waals surface area contributed by atoms with Gasteiger partial charge in [-0.3, -0.25) is 0 Å². The maximum atomic E-state index is 6.37. The van der Waals surface area contributed by atoms with E-state index in [-0.39, 0.29) is 0 Å². The van der Waals surface area contributed by atoms with Crippen LogP contribution in [-0.2, 0) is 0 Å². The van der Waals surface area contributed by atoms with E-state index in [2.05, 4.69) is 36.9 Å². The van der Waals surface area contributed by atoms with Crippen LogP contribution in [0.15, 0.2) is 18.2 Å². The van der Waals surface area contributed by atoms with Crippen LogP contribution in [0.4, 0.5) is 5.69 Å². The zero-order valence-electron chi connectivity index (χ0n) is 10.2. The Bertz CT molecular complexity index is 354. The van der Waals surface area contributed by atoms with Crippen LogP contribution in [0.25, 0.3) is 0 Å². The van der Waals surface area contributed by atoms with Gasteiger partial charge in [0.2, 0.25) is 0 Å².